The van der Waals surface area contributed by atoms with Crippen LogP contribution in [0.1, 0.15) is 36.9 Å². The number of aliphatic hydroxyl groups is 2. The van der Waals surface area contributed by atoms with E-state index in [2.05, 4.69) is 0 Å². The van der Waals surface area contributed by atoms with Gasteiger partial charge in [0.15, 0.2) is 0 Å². The van der Waals surface area contributed by atoms with Crippen molar-refractivity contribution in [2.45, 2.75) is 44.3 Å². The Hall–Kier alpha value is -2.70. The summed E-state index contributed by atoms with van der Waals surface area (Å²) >= 11 is 0. The molecule has 1 saturated carbocycles. The number of hydrogen-bond acceptors (Lipinski definition) is 4. The van der Waals surface area contributed by atoms with E-state index in [-0.39, 0.29) is 11.9 Å². The molecule has 1 fully saturated rings. The van der Waals surface area contributed by atoms with Gasteiger partial charge >= 0.3 is 0 Å². The van der Waals surface area contributed by atoms with Crippen molar-refractivity contribution in [2.24, 2.45) is 0 Å². The lowest BCUT2D eigenvalue weighted by atomic mass is 9.81. The summed E-state index contributed by atoms with van der Waals surface area (Å²) < 4.78 is 21.2. The number of hydrogen-bond donors (Lipinski definition) is 2. The zero-order valence-electron chi connectivity index (χ0n) is 16.6. The van der Waals surface area contributed by atoms with Crippen molar-refractivity contribution >= 4 is 0 Å². The molecule has 0 saturated heterocycles. The van der Waals surface area contributed by atoms with Crippen LogP contribution in [0.2, 0.25) is 0 Å². The van der Waals surface area contributed by atoms with Gasteiger partial charge in [-0.25, -0.2) is 9.07 Å². The molecule has 0 amide bonds. The summed E-state index contributed by atoms with van der Waals surface area (Å²) in [6.07, 6.45) is 1.55. The van der Waals surface area contributed by atoms with Crippen LogP contribution in [0.25, 0.3) is 16.9 Å². The quantitative estimate of drug-likeness (QED) is 0.696. The Morgan fingerprint density at radius 3 is 2.41 bits per heavy atom. The van der Waals surface area contributed by atoms with Gasteiger partial charge in [-0.05, 0) is 74.6 Å². The fraction of sp³-hybridized carbons (Fsp3) is 0.348. The molecule has 1 aliphatic carbocycles. The Kier molecular flexibility index (Phi) is 5.15. The Morgan fingerprint density at radius 1 is 1.10 bits per heavy atom. The smallest absolute Gasteiger partial charge is 0.126 e. The maximum Gasteiger partial charge on any atom is 0.126 e. The van der Waals surface area contributed by atoms with E-state index >= 15 is 0 Å². The molecule has 1 heterocycles. The lowest BCUT2D eigenvalue weighted by molar-refractivity contribution is -0.0393. The number of rotatable bonds is 4. The van der Waals surface area contributed by atoms with E-state index in [9.17, 15) is 14.6 Å². The second kappa shape index (κ2) is 7.61. The second-order valence-electron chi connectivity index (χ2n) is 7.75. The third kappa shape index (κ3) is 3.78. The Morgan fingerprint density at radius 2 is 1.79 bits per heavy atom. The van der Waals surface area contributed by atoms with Crippen molar-refractivity contribution in [3.05, 3.63) is 65.6 Å². The molecule has 152 valence electrons. The topological polar surface area (TPSA) is 67.5 Å². The molecule has 0 spiro atoms. The first kappa shape index (κ1) is 19.6. The molecule has 3 aromatic rings. The van der Waals surface area contributed by atoms with Gasteiger partial charge in [-0.2, -0.15) is 5.10 Å². The SMILES string of the molecule is COc1ccc(-n2nc(C3(O)CCC(O)CC3)cc2-c2ccc(C)c(F)c2)cc1. The molecule has 1 aliphatic rings. The maximum atomic E-state index is 14.3. The van der Waals surface area contributed by atoms with E-state index in [0.717, 1.165) is 11.4 Å². The fourth-order valence-corrected chi connectivity index (χ4v) is 3.82. The first-order chi connectivity index (χ1) is 13.9. The van der Waals surface area contributed by atoms with Crippen molar-refractivity contribution in [2.75, 3.05) is 7.11 Å². The molecular formula is C23H25FN2O3. The summed E-state index contributed by atoms with van der Waals surface area (Å²) in [7, 11) is 1.61. The summed E-state index contributed by atoms with van der Waals surface area (Å²) in [5.74, 6) is 0.440. The van der Waals surface area contributed by atoms with Crippen molar-refractivity contribution in [3.8, 4) is 22.7 Å². The van der Waals surface area contributed by atoms with Gasteiger partial charge in [0.2, 0.25) is 0 Å². The first-order valence-corrected chi connectivity index (χ1v) is 9.81. The van der Waals surface area contributed by atoms with E-state index in [1.807, 2.05) is 36.4 Å². The first-order valence-electron chi connectivity index (χ1n) is 9.81. The van der Waals surface area contributed by atoms with E-state index in [4.69, 9.17) is 9.84 Å². The minimum atomic E-state index is -1.10. The van der Waals surface area contributed by atoms with Gasteiger partial charge in [0.05, 0.1) is 30.3 Å². The summed E-state index contributed by atoms with van der Waals surface area (Å²) in [5, 5.41) is 25.7. The van der Waals surface area contributed by atoms with Gasteiger partial charge in [-0.1, -0.05) is 12.1 Å². The van der Waals surface area contributed by atoms with Crippen molar-refractivity contribution in [3.63, 3.8) is 0 Å². The van der Waals surface area contributed by atoms with Gasteiger partial charge in [-0.3, -0.25) is 0 Å². The number of ether oxygens (including phenoxy) is 1. The predicted molar refractivity (Wildman–Crippen MR) is 109 cm³/mol. The van der Waals surface area contributed by atoms with Gasteiger partial charge in [0.25, 0.3) is 0 Å². The number of halogens is 1. The molecule has 5 nitrogen and oxygen atoms in total. The average molecular weight is 396 g/mol. The zero-order valence-corrected chi connectivity index (χ0v) is 16.6. The molecule has 2 aromatic carbocycles. The lowest BCUT2D eigenvalue weighted by Crippen LogP contribution is -2.33. The van der Waals surface area contributed by atoms with Crippen molar-refractivity contribution < 1.29 is 19.3 Å². The van der Waals surface area contributed by atoms with Crippen LogP contribution >= 0.6 is 0 Å². The Labute approximate surface area is 169 Å². The minimum absolute atomic E-state index is 0.286. The largest absolute Gasteiger partial charge is 0.497 e. The number of nitrogens with zero attached hydrogens (tertiary/aromatic N) is 2. The highest BCUT2D eigenvalue weighted by molar-refractivity contribution is 5.64. The normalized spacial score (nSPS) is 21.9. The van der Waals surface area contributed by atoms with Crippen molar-refractivity contribution in [1.29, 1.82) is 0 Å². The molecule has 0 radical (unpaired) electrons. The average Bonchev–Trinajstić information content (AvgIpc) is 3.19. The van der Waals surface area contributed by atoms with Crippen LogP contribution in [0.5, 0.6) is 5.75 Å². The zero-order chi connectivity index (χ0) is 20.6. The summed E-state index contributed by atoms with van der Waals surface area (Å²) in [5.41, 5.74) is 2.17. The molecule has 2 N–H and O–H groups in total. The highest BCUT2D eigenvalue weighted by Gasteiger charge is 2.37. The highest BCUT2D eigenvalue weighted by atomic mass is 19.1. The van der Waals surface area contributed by atoms with E-state index in [0.29, 0.717) is 48.2 Å². The van der Waals surface area contributed by atoms with E-state index in [1.54, 1.807) is 24.8 Å². The van der Waals surface area contributed by atoms with Gasteiger partial charge in [0, 0.05) is 5.56 Å². The molecule has 0 bridgehead atoms. The van der Waals surface area contributed by atoms with Crippen LogP contribution in [0, 0.1) is 12.7 Å². The molecule has 0 aliphatic heterocycles. The highest BCUT2D eigenvalue weighted by Crippen LogP contribution is 2.39. The number of methoxy groups -OCH3 is 1. The van der Waals surface area contributed by atoms with Crippen LogP contribution in [0.15, 0.2) is 48.5 Å². The lowest BCUT2D eigenvalue weighted by Gasteiger charge is -2.32. The number of benzene rings is 2. The third-order valence-corrected chi connectivity index (χ3v) is 5.75. The summed E-state index contributed by atoms with van der Waals surface area (Å²) in [6, 6.07) is 14.3. The number of aryl methyl sites for hydroxylation is 1. The second-order valence-corrected chi connectivity index (χ2v) is 7.75. The Bertz CT molecular complexity index is 1010. The maximum absolute atomic E-state index is 14.3. The minimum Gasteiger partial charge on any atom is -0.497 e. The molecule has 29 heavy (non-hydrogen) atoms. The standard InChI is InChI=1S/C23H25FN2O3/c1-15-3-4-16(13-20(15)24)21-14-22(23(28)11-9-18(27)10-12-23)25-26(21)17-5-7-19(29-2)8-6-17/h3-8,13-14,18,27-28H,9-12H2,1-2H3. The van der Waals surface area contributed by atoms with Crippen LogP contribution in [0.4, 0.5) is 4.39 Å². The van der Waals surface area contributed by atoms with E-state index < -0.39 is 5.60 Å². The van der Waals surface area contributed by atoms with Gasteiger partial charge in [-0.15, -0.1) is 0 Å². The van der Waals surface area contributed by atoms with Crippen LogP contribution in [0.3, 0.4) is 0 Å². The molecule has 4 rings (SSSR count). The molecular weight excluding hydrogens is 371 g/mol. The van der Waals surface area contributed by atoms with Crippen molar-refractivity contribution in [1.82, 2.24) is 9.78 Å². The molecule has 0 unspecified atom stereocenters. The third-order valence-electron chi connectivity index (χ3n) is 5.75. The Balaban J connectivity index is 1.83. The summed E-state index contributed by atoms with van der Waals surface area (Å²) in [4.78, 5) is 0. The van der Waals surface area contributed by atoms with Gasteiger partial charge in [0.1, 0.15) is 17.2 Å². The van der Waals surface area contributed by atoms with Crippen LogP contribution < -0.4 is 4.74 Å². The molecule has 6 heteroatoms. The number of aliphatic hydroxyl groups excluding tert-OH is 1. The van der Waals surface area contributed by atoms with Crippen LogP contribution in [-0.2, 0) is 5.60 Å². The van der Waals surface area contributed by atoms with Crippen LogP contribution in [-0.4, -0.2) is 33.2 Å². The molecule has 0 atom stereocenters. The van der Waals surface area contributed by atoms with Gasteiger partial charge < -0.3 is 14.9 Å². The fourth-order valence-electron chi connectivity index (χ4n) is 3.82. The summed E-state index contributed by atoms with van der Waals surface area (Å²) in [6.45, 7) is 1.72. The monoisotopic (exact) mass is 396 g/mol. The molecule has 1 aromatic heterocycles. The number of aromatic nitrogens is 2. The van der Waals surface area contributed by atoms with E-state index in [1.165, 1.54) is 6.07 Å². The predicted octanol–water partition coefficient (Wildman–Crippen LogP) is 4.12.